The van der Waals surface area contributed by atoms with E-state index in [0.717, 1.165) is 0 Å². The number of hydrogen-bond acceptors (Lipinski definition) is 4. The maximum absolute atomic E-state index is 12.9. The topological polar surface area (TPSA) is 98.9 Å². The molecule has 0 bridgehead atoms. The van der Waals surface area contributed by atoms with Gasteiger partial charge >= 0.3 is 0 Å². The van der Waals surface area contributed by atoms with E-state index in [2.05, 4.69) is 15.0 Å². The Morgan fingerprint density at radius 1 is 1.21 bits per heavy atom. The third-order valence-corrected chi connectivity index (χ3v) is 4.28. The van der Waals surface area contributed by atoms with Crippen LogP contribution in [0.25, 0.3) is 10.9 Å². The van der Waals surface area contributed by atoms with Crippen LogP contribution in [0.3, 0.4) is 0 Å². The van der Waals surface area contributed by atoms with E-state index in [4.69, 9.17) is 0 Å². The normalized spacial score (nSPS) is 13.8. The van der Waals surface area contributed by atoms with Crippen LogP contribution >= 0.6 is 0 Å². The van der Waals surface area contributed by atoms with E-state index in [1.165, 1.54) is 12.4 Å². The highest BCUT2D eigenvalue weighted by atomic mass is 16.2. The van der Waals surface area contributed by atoms with Crippen LogP contribution in [0, 0.1) is 0 Å². The lowest BCUT2D eigenvalue weighted by molar-refractivity contribution is 0.0733. The number of fused-ring (bicyclic) bond motifs is 2. The Bertz CT molecular complexity index is 1070. The van der Waals surface area contributed by atoms with Crippen molar-refractivity contribution < 1.29 is 4.79 Å². The second-order valence-corrected chi connectivity index (χ2v) is 5.73. The standard InChI is InChI=1S/C17H14N4O3/c22-15-7-12(10-3-1-2-4-13(10)20-15)17(24)21-6-5-11-14(8-21)18-9-19-16(11)23/h1-4,7,9H,5-6,8H2,(H,20,22)(H,18,19,23). The second kappa shape index (κ2) is 5.45. The fourth-order valence-corrected chi connectivity index (χ4v) is 3.09. The summed E-state index contributed by atoms with van der Waals surface area (Å²) in [4.78, 5) is 47.6. The Morgan fingerprint density at radius 3 is 2.92 bits per heavy atom. The third kappa shape index (κ3) is 2.30. The first-order valence-corrected chi connectivity index (χ1v) is 7.60. The first kappa shape index (κ1) is 14.4. The molecule has 1 amide bonds. The van der Waals surface area contributed by atoms with Gasteiger partial charge in [0.2, 0.25) is 5.56 Å². The Balaban J connectivity index is 1.76. The lowest BCUT2D eigenvalue weighted by Crippen LogP contribution is -2.39. The average molecular weight is 322 g/mol. The Hall–Kier alpha value is -3.22. The number of benzene rings is 1. The van der Waals surface area contributed by atoms with Crippen molar-refractivity contribution in [3.05, 3.63) is 74.2 Å². The molecule has 0 fully saturated rings. The second-order valence-electron chi connectivity index (χ2n) is 5.73. The van der Waals surface area contributed by atoms with Gasteiger partial charge in [0.1, 0.15) is 0 Å². The van der Waals surface area contributed by atoms with Crippen LogP contribution in [-0.2, 0) is 13.0 Å². The molecule has 0 unspecified atom stereocenters. The Morgan fingerprint density at radius 2 is 2.04 bits per heavy atom. The molecular formula is C17H14N4O3. The van der Waals surface area contributed by atoms with Crippen LogP contribution in [0.2, 0.25) is 0 Å². The molecule has 120 valence electrons. The van der Waals surface area contributed by atoms with Crippen LogP contribution in [0.1, 0.15) is 21.6 Å². The molecule has 1 aliphatic heterocycles. The molecule has 1 aliphatic rings. The summed E-state index contributed by atoms with van der Waals surface area (Å²) >= 11 is 0. The number of amides is 1. The molecule has 0 saturated heterocycles. The third-order valence-electron chi connectivity index (χ3n) is 4.28. The number of aromatic nitrogens is 3. The Kier molecular flexibility index (Phi) is 3.26. The first-order chi connectivity index (χ1) is 11.6. The molecule has 0 radical (unpaired) electrons. The number of nitrogens with one attached hydrogen (secondary N) is 2. The summed E-state index contributed by atoms with van der Waals surface area (Å²) in [6.07, 6.45) is 1.79. The fraction of sp³-hybridized carbons (Fsp3) is 0.176. The van der Waals surface area contributed by atoms with Crippen molar-refractivity contribution in [1.29, 1.82) is 0 Å². The molecule has 0 saturated carbocycles. The van der Waals surface area contributed by atoms with Crippen molar-refractivity contribution in [3.8, 4) is 0 Å². The molecule has 7 heteroatoms. The Labute approximate surface area is 136 Å². The maximum atomic E-state index is 12.9. The van der Waals surface area contributed by atoms with Gasteiger partial charge in [-0.25, -0.2) is 4.98 Å². The summed E-state index contributed by atoms with van der Waals surface area (Å²) in [5.74, 6) is -0.231. The van der Waals surface area contributed by atoms with Gasteiger partial charge in [-0.2, -0.15) is 0 Å². The number of carbonyl (C=O) groups excluding carboxylic acids is 1. The first-order valence-electron chi connectivity index (χ1n) is 7.60. The SMILES string of the molecule is O=C(c1cc(=O)[nH]c2ccccc12)N1CCc2c(nc[nH]c2=O)C1. The van der Waals surface area contributed by atoms with Gasteiger partial charge < -0.3 is 14.9 Å². The number of carbonyl (C=O) groups is 1. The molecule has 7 nitrogen and oxygen atoms in total. The molecule has 2 N–H and O–H groups in total. The van der Waals surface area contributed by atoms with Gasteiger partial charge in [-0.05, 0) is 12.5 Å². The maximum Gasteiger partial charge on any atom is 0.255 e. The molecule has 0 aliphatic carbocycles. The van der Waals surface area contributed by atoms with Gasteiger partial charge in [0.15, 0.2) is 0 Å². The summed E-state index contributed by atoms with van der Waals surface area (Å²) in [7, 11) is 0. The van der Waals surface area contributed by atoms with Crippen molar-refractivity contribution in [3.63, 3.8) is 0 Å². The van der Waals surface area contributed by atoms with Crippen LogP contribution in [0.4, 0.5) is 0 Å². The number of aromatic amines is 2. The van der Waals surface area contributed by atoms with Gasteiger partial charge in [0, 0.05) is 29.1 Å². The summed E-state index contributed by atoms with van der Waals surface area (Å²) in [5, 5.41) is 0.701. The number of rotatable bonds is 1. The average Bonchev–Trinajstić information content (AvgIpc) is 2.60. The molecule has 3 aromatic rings. The van der Waals surface area contributed by atoms with Crippen molar-refractivity contribution in [2.45, 2.75) is 13.0 Å². The monoisotopic (exact) mass is 322 g/mol. The van der Waals surface area contributed by atoms with Crippen molar-refractivity contribution >= 4 is 16.8 Å². The highest BCUT2D eigenvalue weighted by Gasteiger charge is 2.25. The van der Waals surface area contributed by atoms with E-state index in [0.29, 0.717) is 40.7 Å². The molecule has 3 heterocycles. The number of nitrogens with zero attached hydrogens (tertiary/aromatic N) is 2. The highest BCUT2D eigenvalue weighted by Crippen LogP contribution is 2.20. The summed E-state index contributed by atoms with van der Waals surface area (Å²) < 4.78 is 0. The van der Waals surface area contributed by atoms with E-state index in [1.807, 2.05) is 6.07 Å². The van der Waals surface area contributed by atoms with Crippen LogP contribution in [0.15, 0.2) is 46.2 Å². The predicted octanol–water partition coefficient (Wildman–Crippen LogP) is 0.810. The molecule has 2 aromatic heterocycles. The minimum Gasteiger partial charge on any atom is -0.332 e. The summed E-state index contributed by atoms with van der Waals surface area (Å²) in [6, 6.07) is 8.52. The van der Waals surface area contributed by atoms with E-state index < -0.39 is 0 Å². The smallest absolute Gasteiger partial charge is 0.255 e. The van der Waals surface area contributed by atoms with E-state index >= 15 is 0 Å². The van der Waals surface area contributed by atoms with Crippen molar-refractivity contribution in [2.24, 2.45) is 0 Å². The molecular weight excluding hydrogens is 308 g/mol. The molecule has 1 aromatic carbocycles. The zero-order valence-electron chi connectivity index (χ0n) is 12.7. The van der Waals surface area contributed by atoms with Gasteiger partial charge in [-0.15, -0.1) is 0 Å². The lowest BCUT2D eigenvalue weighted by atomic mass is 10.0. The zero-order chi connectivity index (χ0) is 16.7. The van der Waals surface area contributed by atoms with E-state index in [-0.39, 0.29) is 23.6 Å². The van der Waals surface area contributed by atoms with Gasteiger partial charge in [0.05, 0.1) is 24.1 Å². The summed E-state index contributed by atoms with van der Waals surface area (Å²) in [5.41, 5.74) is 1.74. The zero-order valence-corrected chi connectivity index (χ0v) is 12.7. The van der Waals surface area contributed by atoms with Crippen LogP contribution in [0.5, 0.6) is 0 Å². The largest absolute Gasteiger partial charge is 0.332 e. The van der Waals surface area contributed by atoms with Gasteiger partial charge in [0.25, 0.3) is 11.5 Å². The minimum atomic E-state index is -0.316. The fourth-order valence-electron chi connectivity index (χ4n) is 3.09. The van der Waals surface area contributed by atoms with E-state index in [9.17, 15) is 14.4 Å². The van der Waals surface area contributed by atoms with Crippen LogP contribution < -0.4 is 11.1 Å². The molecule has 4 rings (SSSR count). The molecule has 24 heavy (non-hydrogen) atoms. The van der Waals surface area contributed by atoms with Gasteiger partial charge in [-0.3, -0.25) is 14.4 Å². The number of H-pyrrole nitrogens is 2. The quantitative estimate of drug-likeness (QED) is 0.692. The van der Waals surface area contributed by atoms with Crippen molar-refractivity contribution in [2.75, 3.05) is 6.54 Å². The lowest BCUT2D eigenvalue weighted by Gasteiger charge is -2.27. The van der Waals surface area contributed by atoms with Gasteiger partial charge in [-0.1, -0.05) is 18.2 Å². The number of hydrogen-bond donors (Lipinski definition) is 2. The van der Waals surface area contributed by atoms with E-state index in [1.54, 1.807) is 23.1 Å². The highest BCUT2D eigenvalue weighted by molar-refractivity contribution is 6.05. The summed E-state index contributed by atoms with van der Waals surface area (Å²) in [6.45, 7) is 0.681. The molecule has 0 spiro atoms. The van der Waals surface area contributed by atoms with Crippen LogP contribution in [-0.4, -0.2) is 32.3 Å². The number of para-hydroxylation sites is 1. The van der Waals surface area contributed by atoms with Crippen molar-refractivity contribution in [1.82, 2.24) is 19.9 Å². The predicted molar refractivity (Wildman–Crippen MR) is 87.9 cm³/mol. The molecule has 0 atom stereocenters. The minimum absolute atomic E-state index is 0.159. The number of pyridine rings is 1.